The molecule has 2 aromatic heterocycles. The fourth-order valence-electron chi connectivity index (χ4n) is 3.42. The molecule has 0 aliphatic carbocycles. The second kappa shape index (κ2) is 7.01. The highest BCUT2D eigenvalue weighted by atomic mass is 19.1. The maximum absolute atomic E-state index is 14.5. The second-order valence-electron chi connectivity index (χ2n) is 6.37. The summed E-state index contributed by atoms with van der Waals surface area (Å²) in [4.78, 5) is 6.84. The maximum atomic E-state index is 14.5. The Bertz CT molecular complexity index is 954. The Kier molecular flexibility index (Phi) is 4.40. The molecule has 0 saturated carbocycles. The van der Waals surface area contributed by atoms with Gasteiger partial charge in [-0.15, -0.1) is 0 Å². The van der Waals surface area contributed by atoms with E-state index < -0.39 is 0 Å². The number of hydrogen-bond acceptors (Lipinski definition) is 4. The number of halogens is 1. The zero-order chi connectivity index (χ0) is 17.9. The molecular weight excluding hydrogens is 329 g/mol. The van der Waals surface area contributed by atoms with Gasteiger partial charge in [-0.25, -0.2) is 9.37 Å². The molecule has 0 unspecified atom stereocenters. The van der Waals surface area contributed by atoms with E-state index in [1.165, 1.54) is 12.5 Å². The molecule has 0 bridgehead atoms. The first-order valence-corrected chi connectivity index (χ1v) is 8.77. The molecule has 26 heavy (non-hydrogen) atoms. The largest absolute Gasteiger partial charge is 0.463 e. The highest BCUT2D eigenvalue weighted by Crippen LogP contribution is 2.35. The van der Waals surface area contributed by atoms with Gasteiger partial charge in [0.05, 0.1) is 6.26 Å². The van der Waals surface area contributed by atoms with Gasteiger partial charge in [0.2, 0.25) is 0 Å². The van der Waals surface area contributed by atoms with Gasteiger partial charge in [-0.3, -0.25) is 0 Å². The van der Waals surface area contributed by atoms with Crippen molar-refractivity contribution in [3.8, 4) is 28.7 Å². The molecule has 3 heterocycles. The van der Waals surface area contributed by atoms with Crippen LogP contribution >= 0.6 is 0 Å². The predicted octanol–water partition coefficient (Wildman–Crippen LogP) is 5.01. The molecule has 0 amide bonds. The molecule has 4 nitrogen and oxygen atoms in total. The lowest BCUT2D eigenvalue weighted by Gasteiger charge is -2.29. The summed E-state index contributed by atoms with van der Waals surface area (Å²) in [6, 6.07) is 14.1. The van der Waals surface area contributed by atoms with Crippen LogP contribution in [-0.4, -0.2) is 18.1 Å². The van der Waals surface area contributed by atoms with E-state index in [1.807, 2.05) is 6.07 Å². The third kappa shape index (κ3) is 2.95. The minimum absolute atomic E-state index is 0.356. The normalized spacial score (nSPS) is 14.2. The number of furan rings is 1. The summed E-state index contributed by atoms with van der Waals surface area (Å²) in [6.45, 7) is 1.69. The lowest BCUT2D eigenvalue weighted by Crippen LogP contribution is -2.31. The molecule has 4 rings (SSSR count). The number of rotatable bonds is 3. The average Bonchev–Trinajstić information content (AvgIpc) is 3.23. The smallest absolute Gasteiger partial charge is 0.152 e. The molecule has 0 N–H and O–H groups in total. The number of hydrogen-bond donors (Lipinski definition) is 0. The van der Waals surface area contributed by atoms with E-state index in [2.05, 4.69) is 11.0 Å². The number of benzene rings is 1. The van der Waals surface area contributed by atoms with Gasteiger partial charge in [0, 0.05) is 24.2 Å². The van der Waals surface area contributed by atoms with Crippen molar-refractivity contribution in [3.05, 3.63) is 60.1 Å². The molecule has 3 aromatic rings. The van der Waals surface area contributed by atoms with Crippen LogP contribution in [0.5, 0.6) is 0 Å². The van der Waals surface area contributed by atoms with E-state index in [0.717, 1.165) is 25.9 Å². The number of pyridine rings is 1. The van der Waals surface area contributed by atoms with Gasteiger partial charge in [0.25, 0.3) is 0 Å². The predicted molar refractivity (Wildman–Crippen MR) is 98.1 cm³/mol. The van der Waals surface area contributed by atoms with Crippen molar-refractivity contribution in [1.29, 1.82) is 5.26 Å². The van der Waals surface area contributed by atoms with Crippen LogP contribution in [0.1, 0.15) is 24.8 Å². The summed E-state index contributed by atoms with van der Waals surface area (Å²) in [7, 11) is 0. The molecular formula is C21H18FN3O. The first-order valence-electron chi connectivity index (χ1n) is 8.77. The summed E-state index contributed by atoms with van der Waals surface area (Å²) in [5, 5.41) is 9.84. The van der Waals surface area contributed by atoms with Gasteiger partial charge < -0.3 is 9.32 Å². The molecule has 5 heteroatoms. The Morgan fingerprint density at radius 1 is 1.04 bits per heavy atom. The summed E-state index contributed by atoms with van der Waals surface area (Å²) in [5.74, 6) is 0.856. The zero-order valence-electron chi connectivity index (χ0n) is 14.3. The van der Waals surface area contributed by atoms with E-state index in [0.29, 0.717) is 34.0 Å². The van der Waals surface area contributed by atoms with E-state index in [9.17, 15) is 9.65 Å². The van der Waals surface area contributed by atoms with Gasteiger partial charge >= 0.3 is 0 Å². The van der Waals surface area contributed by atoms with Crippen molar-refractivity contribution < 1.29 is 8.81 Å². The number of nitrogens with zero attached hydrogens (tertiary/aromatic N) is 3. The fourth-order valence-corrected chi connectivity index (χ4v) is 3.42. The first kappa shape index (κ1) is 16.3. The Morgan fingerprint density at radius 2 is 1.85 bits per heavy atom. The van der Waals surface area contributed by atoms with E-state index in [1.54, 1.807) is 36.6 Å². The van der Waals surface area contributed by atoms with E-state index in [-0.39, 0.29) is 5.82 Å². The van der Waals surface area contributed by atoms with Crippen molar-refractivity contribution in [2.45, 2.75) is 19.3 Å². The monoisotopic (exact) mass is 347 g/mol. The second-order valence-corrected chi connectivity index (χ2v) is 6.37. The Labute approximate surface area is 151 Å². The standard InChI is InChI=1S/C21H18FN3O/c22-18-8-3-2-7-15(18)16-13-19(20-9-6-12-26-20)24-21(17(16)14-23)25-10-4-1-5-11-25/h2-3,6-9,12-13H,1,4-5,10-11H2. The van der Waals surface area contributed by atoms with Crippen LogP contribution in [0.4, 0.5) is 10.2 Å². The van der Waals surface area contributed by atoms with Crippen LogP contribution in [0.25, 0.3) is 22.6 Å². The van der Waals surface area contributed by atoms with Gasteiger partial charge in [0.15, 0.2) is 5.76 Å². The van der Waals surface area contributed by atoms with Gasteiger partial charge in [-0.1, -0.05) is 18.2 Å². The van der Waals surface area contributed by atoms with Gasteiger partial charge in [-0.05, 0) is 43.5 Å². The summed E-state index contributed by atoms with van der Waals surface area (Å²) in [5.41, 5.74) is 1.96. The van der Waals surface area contributed by atoms with Crippen LogP contribution in [0.2, 0.25) is 0 Å². The number of aromatic nitrogens is 1. The molecule has 130 valence electrons. The van der Waals surface area contributed by atoms with Crippen molar-refractivity contribution in [1.82, 2.24) is 4.98 Å². The Balaban J connectivity index is 1.96. The molecule has 0 spiro atoms. The fraction of sp³-hybridized carbons (Fsp3) is 0.238. The van der Waals surface area contributed by atoms with Crippen molar-refractivity contribution in [2.75, 3.05) is 18.0 Å². The molecule has 1 aliphatic rings. The van der Waals surface area contributed by atoms with E-state index in [4.69, 9.17) is 9.40 Å². The van der Waals surface area contributed by atoms with Crippen molar-refractivity contribution >= 4 is 5.82 Å². The third-order valence-corrected chi connectivity index (χ3v) is 4.71. The molecule has 0 atom stereocenters. The molecule has 1 fully saturated rings. The third-order valence-electron chi connectivity index (χ3n) is 4.71. The van der Waals surface area contributed by atoms with Gasteiger partial charge in [0.1, 0.15) is 29.0 Å². The van der Waals surface area contributed by atoms with Gasteiger partial charge in [-0.2, -0.15) is 5.26 Å². The van der Waals surface area contributed by atoms with Crippen LogP contribution in [0, 0.1) is 17.1 Å². The van der Waals surface area contributed by atoms with Crippen molar-refractivity contribution in [2.24, 2.45) is 0 Å². The van der Waals surface area contributed by atoms with Crippen LogP contribution in [0.3, 0.4) is 0 Å². The minimum atomic E-state index is -0.356. The van der Waals surface area contributed by atoms with E-state index >= 15 is 0 Å². The quantitative estimate of drug-likeness (QED) is 0.668. The molecule has 1 aromatic carbocycles. The minimum Gasteiger partial charge on any atom is -0.463 e. The summed E-state index contributed by atoms with van der Waals surface area (Å²) in [6.07, 6.45) is 4.88. The maximum Gasteiger partial charge on any atom is 0.152 e. The highest BCUT2D eigenvalue weighted by Gasteiger charge is 2.23. The van der Waals surface area contributed by atoms with Crippen LogP contribution in [-0.2, 0) is 0 Å². The number of nitriles is 1. The molecule has 1 saturated heterocycles. The Morgan fingerprint density at radius 3 is 2.54 bits per heavy atom. The Hall–Kier alpha value is -3.13. The molecule has 0 radical (unpaired) electrons. The lowest BCUT2D eigenvalue weighted by atomic mass is 9.98. The SMILES string of the molecule is N#Cc1c(-c2ccccc2F)cc(-c2ccco2)nc1N1CCCCC1. The molecule has 1 aliphatic heterocycles. The number of anilines is 1. The van der Waals surface area contributed by atoms with Crippen LogP contribution < -0.4 is 4.90 Å². The topological polar surface area (TPSA) is 53.1 Å². The summed E-state index contributed by atoms with van der Waals surface area (Å²) < 4.78 is 20.0. The number of piperidine rings is 1. The lowest BCUT2D eigenvalue weighted by molar-refractivity contribution is 0.569. The highest BCUT2D eigenvalue weighted by molar-refractivity contribution is 5.80. The zero-order valence-corrected chi connectivity index (χ0v) is 14.3. The first-order chi connectivity index (χ1) is 12.8. The average molecular weight is 347 g/mol. The van der Waals surface area contributed by atoms with Crippen molar-refractivity contribution in [3.63, 3.8) is 0 Å². The summed E-state index contributed by atoms with van der Waals surface area (Å²) >= 11 is 0. The van der Waals surface area contributed by atoms with Crippen LogP contribution in [0.15, 0.2) is 53.1 Å².